The Morgan fingerprint density at radius 2 is 1.94 bits per heavy atom. The first kappa shape index (κ1) is 13.5. The average molecular weight is 269 g/mol. The molecular formula is C13H19NO3S. The molecule has 1 heterocycles. The Balaban J connectivity index is 2.48. The Morgan fingerprint density at radius 1 is 1.33 bits per heavy atom. The van der Waals surface area contributed by atoms with Crippen molar-refractivity contribution in [3.63, 3.8) is 0 Å². The maximum atomic E-state index is 12.6. The standard InChI is InChI=1S/C13H19NO3S/c1-10-6-4-5-7-12(10)18(16,17)14-9-11(15)8-13(14,2)3/h4-7,11,15H,8-9H2,1-3H3. The maximum Gasteiger partial charge on any atom is 0.243 e. The lowest BCUT2D eigenvalue weighted by atomic mass is 10.0. The molecule has 4 nitrogen and oxygen atoms in total. The molecular weight excluding hydrogens is 250 g/mol. The molecule has 0 aromatic heterocycles. The van der Waals surface area contributed by atoms with E-state index < -0.39 is 21.7 Å². The van der Waals surface area contributed by atoms with Gasteiger partial charge < -0.3 is 5.11 Å². The van der Waals surface area contributed by atoms with Crippen LogP contribution in [-0.4, -0.2) is 36.0 Å². The van der Waals surface area contributed by atoms with E-state index in [1.165, 1.54) is 4.31 Å². The minimum absolute atomic E-state index is 0.170. The molecule has 1 aromatic carbocycles. The number of benzene rings is 1. The lowest BCUT2D eigenvalue weighted by molar-refractivity contribution is 0.187. The summed E-state index contributed by atoms with van der Waals surface area (Å²) < 4.78 is 26.7. The predicted octanol–water partition coefficient (Wildman–Crippen LogP) is 1.53. The molecule has 18 heavy (non-hydrogen) atoms. The minimum Gasteiger partial charge on any atom is -0.392 e. The minimum atomic E-state index is -3.54. The van der Waals surface area contributed by atoms with E-state index in [0.717, 1.165) is 5.56 Å². The van der Waals surface area contributed by atoms with Gasteiger partial charge in [-0.3, -0.25) is 0 Å². The van der Waals surface area contributed by atoms with Gasteiger partial charge in [0, 0.05) is 12.1 Å². The van der Waals surface area contributed by atoms with Crippen molar-refractivity contribution in [2.75, 3.05) is 6.54 Å². The molecule has 0 spiro atoms. The van der Waals surface area contributed by atoms with Crippen LogP contribution in [0.15, 0.2) is 29.2 Å². The highest BCUT2D eigenvalue weighted by atomic mass is 32.2. The van der Waals surface area contributed by atoms with E-state index in [-0.39, 0.29) is 6.54 Å². The fourth-order valence-corrected chi connectivity index (χ4v) is 4.63. The molecule has 0 amide bonds. The second-order valence-corrected chi connectivity index (χ2v) is 7.30. The predicted molar refractivity (Wildman–Crippen MR) is 69.8 cm³/mol. The number of sulfonamides is 1. The van der Waals surface area contributed by atoms with Crippen molar-refractivity contribution >= 4 is 10.0 Å². The van der Waals surface area contributed by atoms with Crippen molar-refractivity contribution in [1.29, 1.82) is 0 Å². The number of aliphatic hydroxyl groups is 1. The van der Waals surface area contributed by atoms with Crippen LogP contribution in [-0.2, 0) is 10.0 Å². The molecule has 100 valence electrons. The van der Waals surface area contributed by atoms with E-state index in [1.807, 2.05) is 19.9 Å². The molecule has 1 atom stereocenters. The highest BCUT2D eigenvalue weighted by Gasteiger charge is 2.45. The van der Waals surface area contributed by atoms with Gasteiger partial charge in [0.25, 0.3) is 0 Å². The van der Waals surface area contributed by atoms with E-state index in [1.54, 1.807) is 25.1 Å². The van der Waals surface area contributed by atoms with Crippen LogP contribution in [0.5, 0.6) is 0 Å². The van der Waals surface area contributed by atoms with Gasteiger partial charge in [-0.1, -0.05) is 18.2 Å². The topological polar surface area (TPSA) is 57.6 Å². The van der Waals surface area contributed by atoms with E-state index >= 15 is 0 Å². The molecule has 1 aliphatic rings. The second-order valence-electron chi connectivity index (χ2n) is 5.47. The van der Waals surface area contributed by atoms with Crippen LogP contribution in [0.4, 0.5) is 0 Å². The molecule has 0 aliphatic carbocycles. The van der Waals surface area contributed by atoms with Crippen LogP contribution in [0.25, 0.3) is 0 Å². The Bertz CT molecular complexity index is 551. The molecule has 1 unspecified atom stereocenters. The lowest BCUT2D eigenvalue weighted by Gasteiger charge is -2.30. The molecule has 1 saturated heterocycles. The number of aryl methyl sites for hydroxylation is 1. The molecule has 1 fully saturated rings. The summed E-state index contributed by atoms with van der Waals surface area (Å²) in [6.07, 6.45) is -0.114. The number of nitrogens with zero attached hydrogens (tertiary/aromatic N) is 1. The smallest absolute Gasteiger partial charge is 0.243 e. The van der Waals surface area contributed by atoms with Gasteiger partial charge in [0.05, 0.1) is 11.0 Å². The summed E-state index contributed by atoms with van der Waals surface area (Å²) in [5.41, 5.74) is 0.190. The molecule has 1 aromatic rings. The maximum absolute atomic E-state index is 12.6. The fourth-order valence-electron chi connectivity index (χ4n) is 2.57. The zero-order valence-corrected chi connectivity index (χ0v) is 11.7. The second kappa shape index (κ2) is 4.33. The molecule has 1 N–H and O–H groups in total. The first-order chi connectivity index (χ1) is 8.25. The first-order valence-electron chi connectivity index (χ1n) is 6.02. The van der Waals surface area contributed by atoms with Crippen molar-refractivity contribution < 1.29 is 13.5 Å². The highest BCUT2D eigenvalue weighted by Crippen LogP contribution is 2.34. The Morgan fingerprint density at radius 3 is 2.44 bits per heavy atom. The van der Waals surface area contributed by atoms with Crippen molar-refractivity contribution in [2.45, 2.75) is 43.7 Å². The number of rotatable bonds is 2. The van der Waals surface area contributed by atoms with Crippen molar-refractivity contribution in [2.24, 2.45) is 0 Å². The molecule has 5 heteroatoms. The van der Waals surface area contributed by atoms with Crippen LogP contribution >= 0.6 is 0 Å². The third-order valence-corrected chi connectivity index (χ3v) is 5.69. The summed E-state index contributed by atoms with van der Waals surface area (Å²) in [7, 11) is -3.54. The molecule has 0 radical (unpaired) electrons. The summed E-state index contributed by atoms with van der Waals surface area (Å²) in [4.78, 5) is 0.326. The van der Waals surface area contributed by atoms with Gasteiger partial charge in [0.15, 0.2) is 0 Å². The van der Waals surface area contributed by atoms with Crippen molar-refractivity contribution in [3.05, 3.63) is 29.8 Å². The largest absolute Gasteiger partial charge is 0.392 e. The van der Waals surface area contributed by atoms with Crippen LogP contribution in [0.3, 0.4) is 0 Å². The number of hydrogen-bond acceptors (Lipinski definition) is 3. The summed E-state index contributed by atoms with van der Waals surface area (Å²) in [6.45, 7) is 5.65. The van der Waals surface area contributed by atoms with Gasteiger partial charge in [-0.25, -0.2) is 8.42 Å². The van der Waals surface area contributed by atoms with E-state index in [4.69, 9.17) is 0 Å². The van der Waals surface area contributed by atoms with Gasteiger partial charge in [0.1, 0.15) is 0 Å². The summed E-state index contributed by atoms with van der Waals surface area (Å²) in [5.74, 6) is 0. The van der Waals surface area contributed by atoms with Crippen LogP contribution < -0.4 is 0 Å². The number of hydrogen-bond donors (Lipinski definition) is 1. The Hall–Kier alpha value is -0.910. The van der Waals surface area contributed by atoms with E-state index in [2.05, 4.69) is 0 Å². The van der Waals surface area contributed by atoms with E-state index in [9.17, 15) is 13.5 Å². The Labute approximate surface area is 108 Å². The average Bonchev–Trinajstić information content (AvgIpc) is 2.53. The normalized spacial score (nSPS) is 24.3. The molecule has 0 saturated carbocycles. The van der Waals surface area contributed by atoms with Crippen molar-refractivity contribution in [3.8, 4) is 0 Å². The van der Waals surface area contributed by atoms with E-state index in [0.29, 0.717) is 11.3 Å². The van der Waals surface area contributed by atoms with Crippen molar-refractivity contribution in [1.82, 2.24) is 4.31 Å². The highest BCUT2D eigenvalue weighted by molar-refractivity contribution is 7.89. The van der Waals surface area contributed by atoms with Gasteiger partial charge in [-0.15, -0.1) is 0 Å². The monoisotopic (exact) mass is 269 g/mol. The summed E-state index contributed by atoms with van der Waals surface area (Å²) in [6, 6.07) is 6.94. The Kier molecular flexibility index (Phi) is 3.25. The SMILES string of the molecule is Cc1ccccc1S(=O)(=O)N1CC(O)CC1(C)C. The van der Waals surface area contributed by atoms with Crippen LogP contribution in [0, 0.1) is 6.92 Å². The van der Waals surface area contributed by atoms with Gasteiger partial charge in [0.2, 0.25) is 10.0 Å². The third-order valence-electron chi connectivity index (χ3n) is 3.45. The van der Waals surface area contributed by atoms with Gasteiger partial charge >= 0.3 is 0 Å². The zero-order chi connectivity index (χ0) is 13.6. The molecule has 1 aliphatic heterocycles. The fraction of sp³-hybridized carbons (Fsp3) is 0.538. The van der Waals surface area contributed by atoms with Gasteiger partial charge in [-0.05, 0) is 38.8 Å². The van der Waals surface area contributed by atoms with Crippen LogP contribution in [0.2, 0.25) is 0 Å². The zero-order valence-electron chi connectivity index (χ0n) is 10.9. The van der Waals surface area contributed by atoms with Crippen LogP contribution in [0.1, 0.15) is 25.8 Å². The molecule has 0 bridgehead atoms. The first-order valence-corrected chi connectivity index (χ1v) is 7.46. The summed E-state index contributed by atoms with van der Waals surface area (Å²) >= 11 is 0. The summed E-state index contributed by atoms with van der Waals surface area (Å²) in [5, 5.41) is 9.71. The number of aliphatic hydroxyl groups excluding tert-OH is 1. The number of β-amino-alcohol motifs (C(OH)–C–C–N with tert-alkyl or cyclic N) is 1. The quantitative estimate of drug-likeness (QED) is 0.886. The molecule has 2 rings (SSSR count). The van der Waals surface area contributed by atoms with Gasteiger partial charge in [-0.2, -0.15) is 4.31 Å². The third kappa shape index (κ3) is 2.18. The lowest BCUT2D eigenvalue weighted by Crippen LogP contribution is -2.42.